The molecule has 0 radical (unpaired) electrons. The van der Waals surface area contributed by atoms with E-state index >= 15 is 0 Å². The molecule has 0 unspecified atom stereocenters. The van der Waals surface area contributed by atoms with E-state index in [9.17, 15) is 20.1 Å². The van der Waals surface area contributed by atoms with E-state index < -0.39 is 31.0 Å². The van der Waals surface area contributed by atoms with Crippen molar-refractivity contribution in [1.29, 1.82) is 0 Å². The number of Topliss-reactive ketones (excluding diaryl/α,β-unsaturated/α-hetero) is 1. The Kier molecular flexibility index (Phi) is 19.0. The maximum absolute atomic E-state index is 12.0. The molecule has 0 aliphatic carbocycles. The number of aliphatic hydroxyl groups excluding tert-OH is 5. The molecule has 7 nitrogen and oxygen atoms in total. The van der Waals surface area contributed by atoms with Crippen LogP contribution in [0.4, 0.5) is 0 Å². The van der Waals surface area contributed by atoms with Crippen LogP contribution in [-0.4, -0.2) is 68.9 Å². The molecule has 174 valence electrons. The van der Waals surface area contributed by atoms with Crippen LogP contribution in [0.2, 0.25) is 0 Å². The lowest BCUT2D eigenvalue weighted by Crippen LogP contribution is -2.52. The van der Waals surface area contributed by atoms with E-state index in [1.165, 1.54) is 51.4 Å². The SMILES string of the molecule is N[C@@H](C(=O)CCCCCCCCCCCCCCCCO)[C@@H](O)[C@H](O)[C@H](O)CO. The third kappa shape index (κ3) is 15.0. The number of carbonyl (C=O) groups is 1. The molecule has 0 aromatic heterocycles. The molecular formula is C22H45NO6. The summed E-state index contributed by atoms with van der Waals surface area (Å²) in [4.78, 5) is 12.0. The average molecular weight is 420 g/mol. The number of rotatable bonds is 21. The van der Waals surface area contributed by atoms with Crippen LogP contribution in [0.3, 0.4) is 0 Å². The number of hydrogen-bond acceptors (Lipinski definition) is 7. The van der Waals surface area contributed by atoms with Crippen molar-refractivity contribution < 1.29 is 30.3 Å². The van der Waals surface area contributed by atoms with Crippen molar-refractivity contribution in [1.82, 2.24) is 0 Å². The molecule has 0 bridgehead atoms. The van der Waals surface area contributed by atoms with Gasteiger partial charge in [-0.2, -0.15) is 0 Å². The maximum Gasteiger partial charge on any atom is 0.152 e. The first-order valence-corrected chi connectivity index (χ1v) is 11.5. The lowest BCUT2D eigenvalue weighted by molar-refractivity contribution is -0.129. The van der Waals surface area contributed by atoms with Crippen molar-refractivity contribution in [3.63, 3.8) is 0 Å². The highest BCUT2D eigenvalue weighted by molar-refractivity contribution is 5.84. The molecule has 4 atom stereocenters. The largest absolute Gasteiger partial charge is 0.396 e. The molecule has 29 heavy (non-hydrogen) atoms. The highest BCUT2D eigenvalue weighted by Gasteiger charge is 2.32. The number of nitrogens with two attached hydrogens (primary N) is 1. The van der Waals surface area contributed by atoms with E-state index in [0.29, 0.717) is 13.0 Å². The van der Waals surface area contributed by atoms with Crippen LogP contribution in [-0.2, 0) is 4.79 Å². The van der Waals surface area contributed by atoms with Crippen LogP contribution in [0, 0.1) is 0 Å². The van der Waals surface area contributed by atoms with E-state index in [-0.39, 0.29) is 12.2 Å². The van der Waals surface area contributed by atoms with E-state index in [2.05, 4.69) is 0 Å². The van der Waals surface area contributed by atoms with E-state index in [1.807, 2.05) is 0 Å². The normalized spacial score (nSPS) is 15.8. The lowest BCUT2D eigenvalue weighted by atomic mass is 9.95. The Labute approximate surface area is 176 Å². The summed E-state index contributed by atoms with van der Waals surface area (Å²) in [5.41, 5.74) is 5.65. The number of ketones is 1. The Bertz CT molecular complexity index is 382. The quantitative estimate of drug-likeness (QED) is 0.156. The summed E-state index contributed by atoms with van der Waals surface area (Å²) >= 11 is 0. The maximum atomic E-state index is 12.0. The summed E-state index contributed by atoms with van der Waals surface area (Å²) < 4.78 is 0. The van der Waals surface area contributed by atoms with Gasteiger partial charge >= 0.3 is 0 Å². The zero-order valence-corrected chi connectivity index (χ0v) is 18.1. The molecule has 0 saturated carbocycles. The minimum Gasteiger partial charge on any atom is -0.396 e. The summed E-state index contributed by atoms with van der Waals surface area (Å²) in [6, 6.07) is -1.25. The van der Waals surface area contributed by atoms with Gasteiger partial charge in [0.05, 0.1) is 12.6 Å². The van der Waals surface area contributed by atoms with Gasteiger partial charge in [0.15, 0.2) is 5.78 Å². The predicted molar refractivity (Wildman–Crippen MR) is 114 cm³/mol. The Balaban J connectivity index is 3.50. The average Bonchev–Trinajstić information content (AvgIpc) is 2.73. The Morgan fingerprint density at radius 2 is 1.00 bits per heavy atom. The zero-order valence-electron chi connectivity index (χ0n) is 18.1. The molecule has 7 heteroatoms. The van der Waals surface area contributed by atoms with Crippen LogP contribution in [0.25, 0.3) is 0 Å². The predicted octanol–water partition coefficient (Wildman–Crippen LogP) is 1.80. The van der Waals surface area contributed by atoms with Crippen molar-refractivity contribution >= 4 is 5.78 Å². The van der Waals surface area contributed by atoms with Crippen molar-refractivity contribution in [3.05, 3.63) is 0 Å². The van der Waals surface area contributed by atoms with Crippen LogP contribution in [0.15, 0.2) is 0 Å². The second kappa shape index (κ2) is 19.4. The van der Waals surface area contributed by atoms with E-state index in [4.69, 9.17) is 15.9 Å². The van der Waals surface area contributed by atoms with Crippen molar-refractivity contribution in [3.8, 4) is 0 Å². The van der Waals surface area contributed by atoms with Crippen LogP contribution in [0.5, 0.6) is 0 Å². The van der Waals surface area contributed by atoms with Gasteiger partial charge in [0, 0.05) is 13.0 Å². The fourth-order valence-electron chi connectivity index (χ4n) is 3.44. The highest BCUT2D eigenvalue weighted by atomic mass is 16.4. The van der Waals surface area contributed by atoms with Gasteiger partial charge in [-0.25, -0.2) is 0 Å². The fraction of sp³-hybridized carbons (Fsp3) is 0.955. The Morgan fingerprint density at radius 3 is 1.38 bits per heavy atom. The third-order valence-corrected chi connectivity index (χ3v) is 5.50. The van der Waals surface area contributed by atoms with Crippen LogP contribution >= 0.6 is 0 Å². The molecule has 0 aliphatic heterocycles. The van der Waals surface area contributed by atoms with E-state index in [0.717, 1.165) is 32.1 Å². The summed E-state index contributed by atoms with van der Waals surface area (Å²) in [6.07, 6.45) is 11.6. The van der Waals surface area contributed by atoms with Gasteiger partial charge in [-0.3, -0.25) is 4.79 Å². The summed E-state index contributed by atoms with van der Waals surface area (Å²) in [5.74, 6) is -0.335. The first kappa shape index (κ1) is 28.4. The standard InChI is InChI=1S/C22H45NO6/c23-20(22(29)21(28)19(27)17-25)18(26)15-13-11-9-7-5-3-1-2-4-6-8-10-12-14-16-24/h19-22,24-25,27-29H,1-17,23H2/t19-,20+,21-,22-/m1/s1. The summed E-state index contributed by atoms with van der Waals surface area (Å²) in [6.45, 7) is -0.391. The fourth-order valence-corrected chi connectivity index (χ4v) is 3.44. The van der Waals surface area contributed by atoms with E-state index in [1.54, 1.807) is 0 Å². The summed E-state index contributed by atoms with van der Waals surface area (Å²) in [5, 5.41) is 46.2. The van der Waals surface area contributed by atoms with Crippen LogP contribution < -0.4 is 5.73 Å². The minimum absolute atomic E-state index is 0.248. The van der Waals surface area contributed by atoms with Crippen molar-refractivity contribution in [2.24, 2.45) is 5.73 Å². The van der Waals surface area contributed by atoms with Crippen LogP contribution in [0.1, 0.15) is 96.3 Å². The molecular weight excluding hydrogens is 374 g/mol. The first-order valence-electron chi connectivity index (χ1n) is 11.5. The monoisotopic (exact) mass is 419 g/mol. The molecule has 7 N–H and O–H groups in total. The first-order chi connectivity index (χ1) is 14.0. The molecule has 0 aromatic carbocycles. The third-order valence-electron chi connectivity index (χ3n) is 5.50. The molecule has 0 fully saturated rings. The van der Waals surface area contributed by atoms with Crippen molar-refractivity contribution in [2.45, 2.75) is 121 Å². The van der Waals surface area contributed by atoms with Crippen molar-refractivity contribution in [2.75, 3.05) is 13.2 Å². The topological polar surface area (TPSA) is 144 Å². The molecule has 0 heterocycles. The van der Waals surface area contributed by atoms with Gasteiger partial charge in [0.1, 0.15) is 18.3 Å². The minimum atomic E-state index is -1.63. The second-order valence-corrected chi connectivity index (χ2v) is 8.15. The van der Waals surface area contributed by atoms with Gasteiger partial charge in [-0.1, -0.05) is 77.0 Å². The molecule has 0 spiro atoms. The van der Waals surface area contributed by atoms with Gasteiger partial charge in [0.2, 0.25) is 0 Å². The van der Waals surface area contributed by atoms with Gasteiger partial charge in [-0.05, 0) is 12.8 Å². The Morgan fingerprint density at radius 1 is 0.621 bits per heavy atom. The lowest BCUT2D eigenvalue weighted by Gasteiger charge is -2.25. The smallest absolute Gasteiger partial charge is 0.152 e. The molecule has 0 aliphatic rings. The van der Waals surface area contributed by atoms with Gasteiger partial charge in [-0.15, -0.1) is 0 Å². The van der Waals surface area contributed by atoms with Gasteiger partial charge in [0.25, 0.3) is 0 Å². The Hall–Kier alpha value is -0.570. The summed E-state index contributed by atoms with van der Waals surface area (Å²) in [7, 11) is 0. The number of hydrogen-bond donors (Lipinski definition) is 6. The molecule has 0 aromatic rings. The number of aliphatic hydroxyl groups is 5. The number of carbonyl (C=O) groups excluding carboxylic acids is 1. The highest BCUT2D eigenvalue weighted by Crippen LogP contribution is 2.14. The molecule has 0 amide bonds. The van der Waals surface area contributed by atoms with Gasteiger partial charge < -0.3 is 31.3 Å². The zero-order chi connectivity index (χ0) is 21.9. The molecule has 0 saturated heterocycles. The second-order valence-electron chi connectivity index (χ2n) is 8.15. The number of unbranched alkanes of at least 4 members (excludes halogenated alkanes) is 13. The molecule has 0 rings (SSSR count).